The van der Waals surface area contributed by atoms with Crippen molar-refractivity contribution in [1.82, 2.24) is 0 Å². The summed E-state index contributed by atoms with van der Waals surface area (Å²) >= 11 is 5.17. The first kappa shape index (κ1) is 12.9. The molecule has 0 bridgehead atoms. The SMILES string of the molecule is CCOc1ccc(/C(=C/Cl)C(F)(F)F)cc1. The number of allylic oxidation sites excluding steroid dienone is 1. The molecule has 1 aromatic carbocycles. The van der Waals surface area contributed by atoms with Gasteiger partial charge in [-0.05, 0) is 24.6 Å². The van der Waals surface area contributed by atoms with Crippen molar-refractivity contribution in [1.29, 1.82) is 0 Å². The second-order valence-corrected chi connectivity index (χ2v) is 3.20. The highest BCUT2D eigenvalue weighted by molar-refractivity contribution is 6.28. The standard InChI is InChI=1S/C11H10ClF3O/c1-2-16-9-5-3-8(4-6-9)10(7-12)11(13,14)15/h3-7H,2H2,1H3/b10-7-. The summed E-state index contributed by atoms with van der Waals surface area (Å²) in [5, 5.41) is 0. The Bertz CT molecular complexity index is 368. The van der Waals surface area contributed by atoms with E-state index in [0.717, 1.165) is 0 Å². The molecule has 1 rings (SSSR count). The first-order valence-electron chi connectivity index (χ1n) is 4.60. The van der Waals surface area contributed by atoms with E-state index in [1.807, 2.05) is 0 Å². The molecule has 0 spiro atoms. The molecule has 16 heavy (non-hydrogen) atoms. The average molecular weight is 251 g/mol. The molecule has 0 fully saturated rings. The van der Waals surface area contributed by atoms with Crippen LogP contribution < -0.4 is 4.74 Å². The Morgan fingerprint density at radius 1 is 1.31 bits per heavy atom. The zero-order valence-corrected chi connectivity index (χ0v) is 9.27. The van der Waals surface area contributed by atoms with Gasteiger partial charge in [-0.25, -0.2) is 0 Å². The number of hydrogen-bond donors (Lipinski definition) is 0. The highest BCUT2D eigenvalue weighted by atomic mass is 35.5. The minimum atomic E-state index is -4.45. The molecule has 0 saturated heterocycles. The van der Waals surface area contributed by atoms with Crippen molar-refractivity contribution >= 4 is 17.2 Å². The molecule has 0 aliphatic carbocycles. The third-order valence-corrected chi connectivity index (χ3v) is 2.11. The third-order valence-electron chi connectivity index (χ3n) is 1.89. The fourth-order valence-corrected chi connectivity index (χ4v) is 1.44. The van der Waals surface area contributed by atoms with Gasteiger partial charge >= 0.3 is 6.18 Å². The van der Waals surface area contributed by atoms with Crippen molar-refractivity contribution in [2.45, 2.75) is 13.1 Å². The Kier molecular flexibility index (Phi) is 4.24. The van der Waals surface area contributed by atoms with Gasteiger partial charge in [0.1, 0.15) is 5.75 Å². The van der Waals surface area contributed by atoms with Crippen molar-refractivity contribution in [2.75, 3.05) is 6.61 Å². The lowest BCUT2D eigenvalue weighted by molar-refractivity contribution is -0.0687. The monoisotopic (exact) mass is 250 g/mol. The molecular formula is C11H10ClF3O. The molecule has 0 saturated carbocycles. The normalized spacial score (nSPS) is 12.7. The maximum Gasteiger partial charge on any atom is 0.417 e. The third kappa shape index (κ3) is 3.17. The molecule has 88 valence electrons. The zero-order valence-electron chi connectivity index (χ0n) is 8.51. The van der Waals surface area contributed by atoms with Crippen LogP contribution in [-0.2, 0) is 0 Å². The van der Waals surface area contributed by atoms with Gasteiger partial charge in [-0.2, -0.15) is 13.2 Å². The number of halogens is 4. The van der Waals surface area contributed by atoms with Crippen LogP contribution in [0, 0.1) is 0 Å². The summed E-state index contributed by atoms with van der Waals surface area (Å²) in [6.07, 6.45) is -4.45. The van der Waals surface area contributed by atoms with E-state index in [1.165, 1.54) is 24.3 Å². The second-order valence-electron chi connectivity index (χ2n) is 2.98. The summed E-state index contributed by atoms with van der Waals surface area (Å²) in [5.74, 6) is 0.530. The van der Waals surface area contributed by atoms with Crippen molar-refractivity contribution in [3.63, 3.8) is 0 Å². The molecule has 0 N–H and O–H groups in total. The Balaban J connectivity index is 2.97. The molecule has 5 heteroatoms. The Morgan fingerprint density at radius 3 is 2.25 bits per heavy atom. The van der Waals surface area contributed by atoms with Crippen molar-refractivity contribution in [2.24, 2.45) is 0 Å². The maximum atomic E-state index is 12.5. The zero-order chi connectivity index (χ0) is 12.2. The topological polar surface area (TPSA) is 9.23 Å². The van der Waals surface area contributed by atoms with E-state index in [-0.39, 0.29) is 5.56 Å². The van der Waals surface area contributed by atoms with Gasteiger partial charge in [0, 0.05) is 5.54 Å². The van der Waals surface area contributed by atoms with Gasteiger partial charge < -0.3 is 4.74 Å². The Morgan fingerprint density at radius 2 is 1.88 bits per heavy atom. The summed E-state index contributed by atoms with van der Waals surface area (Å²) in [5.41, 5.74) is -0.307. The first-order valence-corrected chi connectivity index (χ1v) is 5.03. The van der Waals surface area contributed by atoms with Gasteiger partial charge in [-0.1, -0.05) is 23.7 Å². The summed E-state index contributed by atoms with van der Waals surface area (Å²) in [6.45, 7) is 2.27. The first-order chi connectivity index (χ1) is 7.49. The molecule has 1 nitrogen and oxygen atoms in total. The van der Waals surface area contributed by atoms with E-state index < -0.39 is 11.7 Å². The molecular weight excluding hydrogens is 241 g/mol. The molecule has 0 amide bonds. The van der Waals surface area contributed by atoms with Crippen LogP contribution in [-0.4, -0.2) is 12.8 Å². The van der Waals surface area contributed by atoms with Crippen LogP contribution in [0.4, 0.5) is 13.2 Å². The lowest BCUT2D eigenvalue weighted by Gasteiger charge is -2.11. The highest BCUT2D eigenvalue weighted by Crippen LogP contribution is 2.34. The lowest BCUT2D eigenvalue weighted by atomic mass is 10.1. The van der Waals surface area contributed by atoms with Gasteiger partial charge in [0.05, 0.1) is 12.2 Å². The number of benzene rings is 1. The summed E-state index contributed by atoms with van der Waals surface area (Å²) in [6, 6.07) is 5.61. The molecule has 0 aliphatic rings. The quantitative estimate of drug-likeness (QED) is 0.780. The molecule has 0 unspecified atom stereocenters. The smallest absolute Gasteiger partial charge is 0.417 e. The van der Waals surface area contributed by atoms with Gasteiger partial charge in [0.15, 0.2) is 0 Å². The molecule has 0 aliphatic heterocycles. The van der Waals surface area contributed by atoms with Gasteiger partial charge in [-0.15, -0.1) is 0 Å². The summed E-state index contributed by atoms with van der Waals surface area (Å²) in [7, 11) is 0. The summed E-state index contributed by atoms with van der Waals surface area (Å²) in [4.78, 5) is 0. The minimum Gasteiger partial charge on any atom is -0.494 e. The Hall–Kier alpha value is -1.16. The van der Waals surface area contributed by atoms with Crippen molar-refractivity contribution in [3.8, 4) is 5.75 Å². The Labute approximate surface area is 96.5 Å². The van der Waals surface area contributed by atoms with E-state index in [9.17, 15) is 13.2 Å². The molecule has 0 atom stereocenters. The number of hydrogen-bond acceptors (Lipinski definition) is 1. The van der Waals surface area contributed by atoms with E-state index in [0.29, 0.717) is 17.9 Å². The van der Waals surface area contributed by atoms with E-state index in [1.54, 1.807) is 6.92 Å². The minimum absolute atomic E-state index is 0.0194. The maximum absolute atomic E-state index is 12.5. The van der Waals surface area contributed by atoms with Crippen molar-refractivity contribution in [3.05, 3.63) is 35.4 Å². The molecule has 1 aromatic rings. The lowest BCUT2D eigenvalue weighted by Crippen LogP contribution is -2.10. The van der Waals surface area contributed by atoms with Crippen LogP contribution in [0.2, 0.25) is 0 Å². The number of rotatable bonds is 3. The largest absolute Gasteiger partial charge is 0.494 e. The van der Waals surface area contributed by atoms with E-state index >= 15 is 0 Å². The van der Waals surface area contributed by atoms with Crippen LogP contribution in [0.25, 0.3) is 5.57 Å². The van der Waals surface area contributed by atoms with Gasteiger partial charge in [-0.3, -0.25) is 0 Å². The number of alkyl halides is 3. The number of ether oxygens (including phenoxy) is 1. The van der Waals surface area contributed by atoms with E-state index in [2.05, 4.69) is 0 Å². The predicted molar refractivity (Wildman–Crippen MR) is 57.5 cm³/mol. The summed E-state index contributed by atoms with van der Waals surface area (Å²) < 4.78 is 42.5. The van der Waals surface area contributed by atoms with Crippen LogP contribution >= 0.6 is 11.6 Å². The van der Waals surface area contributed by atoms with Crippen molar-refractivity contribution < 1.29 is 17.9 Å². The van der Waals surface area contributed by atoms with E-state index in [4.69, 9.17) is 16.3 Å². The van der Waals surface area contributed by atoms with Gasteiger partial charge in [0.2, 0.25) is 0 Å². The molecule has 0 aromatic heterocycles. The predicted octanol–water partition coefficient (Wildman–Crippen LogP) is 4.23. The molecule has 0 heterocycles. The molecule has 0 radical (unpaired) electrons. The average Bonchev–Trinajstić information content (AvgIpc) is 2.20. The second kappa shape index (κ2) is 5.25. The highest BCUT2D eigenvalue weighted by Gasteiger charge is 2.34. The van der Waals surface area contributed by atoms with Crippen LogP contribution in [0.3, 0.4) is 0 Å². The van der Waals surface area contributed by atoms with Crippen LogP contribution in [0.1, 0.15) is 12.5 Å². The van der Waals surface area contributed by atoms with Gasteiger partial charge in [0.25, 0.3) is 0 Å². The fraction of sp³-hybridized carbons (Fsp3) is 0.273. The van der Waals surface area contributed by atoms with Crippen LogP contribution in [0.15, 0.2) is 29.8 Å². The fourth-order valence-electron chi connectivity index (χ4n) is 1.19. The van der Waals surface area contributed by atoms with Crippen LogP contribution in [0.5, 0.6) is 5.75 Å².